The molecule has 1 saturated carbocycles. The molecule has 0 radical (unpaired) electrons. The molecular weight excluding hydrogens is 158 g/mol. The summed E-state index contributed by atoms with van der Waals surface area (Å²) in [6.45, 7) is 8.18. The average molecular weight is 183 g/mol. The van der Waals surface area contributed by atoms with Crippen molar-refractivity contribution in [3.63, 3.8) is 0 Å². The lowest BCUT2D eigenvalue weighted by Crippen LogP contribution is -2.34. The van der Waals surface area contributed by atoms with Crippen molar-refractivity contribution in [1.82, 2.24) is 5.32 Å². The first-order chi connectivity index (χ1) is 6.24. The highest BCUT2D eigenvalue weighted by Gasteiger charge is 2.22. The van der Waals surface area contributed by atoms with Crippen LogP contribution in [0, 0.1) is 11.8 Å². The fraction of sp³-hybridized carbons (Fsp3) is 1.00. The van der Waals surface area contributed by atoms with E-state index >= 15 is 0 Å². The van der Waals surface area contributed by atoms with Crippen LogP contribution < -0.4 is 5.32 Å². The van der Waals surface area contributed by atoms with Crippen LogP contribution in [0.4, 0.5) is 0 Å². The van der Waals surface area contributed by atoms with E-state index in [2.05, 4.69) is 26.1 Å². The van der Waals surface area contributed by atoms with Crippen molar-refractivity contribution in [1.29, 1.82) is 0 Å². The molecule has 1 N–H and O–H groups in total. The Morgan fingerprint density at radius 3 is 2.23 bits per heavy atom. The van der Waals surface area contributed by atoms with Crippen LogP contribution in [-0.2, 0) is 0 Å². The van der Waals surface area contributed by atoms with Gasteiger partial charge in [0.2, 0.25) is 0 Å². The molecule has 0 bridgehead atoms. The van der Waals surface area contributed by atoms with Crippen LogP contribution in [0.3, 0.4) is 0 Å². The molecule has 1 rings (SSSR count). The third-order valence-electron chi connectivity index (χ3n) is 3.40. The fourth-order valence-corrected chi connectivity index (χ4v) is 2.34. The summed E-state index contributed by atoms with van der Waals surface area (Å²) in [6, 6.07) is 0.829. The second-order valence-electron chi connectivity index (χ2n) is 4.81. The first-order valence-corrected chi connectivity index (χ1v) is 5.97. The molecule has 0 heterocycles. The highest BCUT2D eigenvalue weighted by Crippen LogP contribution is 2.29. The summed E-state index contributed by atoms with van der Waals surface area (Å²) in [5.41, 5.74) is 0. The van der Waals surface area contributed by atoms with Crippen LogP contribution in [0.25, 0.3) is 0 Å². The number of nitrogens with one attached hydrogen (secondary N) is 1. The molecule has 1 nitrogen and oxygen atoms in total. The Balaban J connectivity index is 2.15. The molecule has 13 heavy (non-hydrogen) atoms. The van der Waals surface area contributed by atoms with Gasteiger partial charge in [-0.15, -0.1) is 0 Å². The third-order valence-corrected chi connectivity index (χ3v) is 3.40. The standard InChI is InChI=1S/C12H25N/c1-4-9-13-12-7-5-11(6-8-12)10(2)3/h10-13H,4-9H2,1-3H3. The molecule has 1 heteroatoms. The Morgan fingerprint density at radius 1 is 1.15 bits per heavy atom. The molecule has 0 aromatic carbocycles. The normalized spacial score (nSPS) is 29.5. The zero-order valence-corrected chi connectivity index (χ0v) is 9.47. The van der Waals surface area contributed by atoms with Gasteiger partial charge in [-0.05, 0) is 50.5 Å². The Hall–Kier alpha value is -0.0400. The molecule has 0 spiro atoms. The van der Waals surface area contributed by atoms with Gasteiger partial charge in [-0.1, -0.05) is 20.8 Å². The maximum absolute atomic E-state index is 3.63. The summed E-state index contributed by atoms with van der Waals surface area (Å²) in [7, 11) is 0. The van der Waals surface area contributed by atoms with Gasteiger partial charge in [0.05, 0.1) is 0 Å². The minimum atomic E-state index is 0.829. The van der Waals surface area contributed by atoms with Crippen LogP contribution in [0.5, 0.6) is 0 Å². The lowest BCUT2D eigenvalue weighted by atomic mass is 9.80. The van der Waals surface area contributed by atoms with Gasteiger partial charge in [-0.3, -0.25) is 0 Å². The van der Waals surface area contributed by atoms with Gasteiger partial charge in [0, 0.05) is 6.04 Å². The summed E-state index contributed by atoms with van der Waals surface area (Å²) in [4.78, 5) is 0. The zero-order chi connectivity index (χ0) is 9.68. The smallest absolute Gasteiger partial charge is 0.00672 e. The summed E-state index contributed by atoms with van der Waals surface area (Å²) in [6.07, 6.45) is 6.97. The van der Waals surface area contributed by atoms with E-state index in [9.17, 15) is 0 Å². The van der Waals surface area contributed by atoms with Crippen LogP contribution >= 0.6 is 0 Å². The van der Waals surface area contributed by atoms with Gasteiger partial charge in [-0.2, -0.15) is 0 Å². The molecule has 0 aliphatic heterocycles. The topological polar surface area (TPSA) is 12.0 Å². The molecule has 0 saturated heterocycles. The van der Waals surface area contributed by atoms with E-state index in [0.29, 0.717) is 0 Å². The van der Waals surface area contributed by atoms with E-state index in [1.165, 1.54) is 38.6 Å². The Labute approximate surface area is 83.3 Å². The Bertz CT molecular complexity index is 123. The van der Waals surface area contributed by atoms with Crippen molar-refractivity contribution >= 4 is 0 Å². The van der Waals surface area contributed by atoms with Crippen LogP contribution in [-0.4, -0.2) is 12.6 Å². The summed E-state index contributed by atoms with van der Waals surface area (Å²) in [5, 5.41) is 3.63. The van der Waals surface area contributed by atoms with Crippen molar-refractivity contribution in [2.45, 2.75) is 58.9 Å². The van der Waals surface area contributed by atoms with Crippen molar-refractivity contribution in [2.75, 3.05) is 6.54 Å². The van der Waals surface area contributed by atoms with Crippen molar-refractivity contribution < 1.29 is 0 Å². The third kappa shape index (κ3) is 3.68. The quantitative estimate of drug-likeness (QED) is 0.706. The molecule has 0 aromatic heterocycles. The Morgan fingerprint density at radius 2 is 1.77 bits per heavy atom. The maximum Gasteiger partial charge on any atom is 0.00672 e. The van der Waals surface area contributed by atoms with Crippen LogP contribution in [0.1, 0.15) is 52.9 Å². The second kappa shape index (κ2) is 5.64. The van der Waals surface area contributed by atoms with E-state index in [-0.39, 0.29) is 0 Å². The molecule has 0 unspecified atom stereocenters. The minimum absolute atomic E-state index is 0.829. The SMILES string of the molecule is CCCNC1CCC(C(C)C)CC1. The first kappa shape index (κ1) is 11.0. The van der Waals surface area contributed by atoms with Crippen molar-refractivity contribution in [3.8, 4) is 0 Å². The van der Waals surface area contributed by atoms with Gasteiger partial charge in [0.1, 0.15) is 0 Å². The van der Waals surface area contributed by atoms with E-state index in [0.717, 1.165) is 17.9 Å². The second-order valence-corrected chi connectivity index (χ2v) is 4.81. The minimum Gasteiger partial charge on any atom is -0.314 e. The maximum atomic E-state index is 3.63. The number of hydrogen-bond acceptors (Lipinski definition) is 1. The highest BCUT2D eigenvalue weighted by molar-refractivity contribution is 4.78. The molecule has 78 valence electrons. The van der Waals surface area contributed by atoms with Gasteiger partial charge >= 0.3 is 0 Å². The number of rotatable bonds is 4. The average Bonchev–Trinajstić information content (AvgIpc) is 2.15. The van der Waals surface area contributed by atoms with Gasteiger partial charge < -0.3 is 5.32 Å². The summed E-state index contributed by atoms with van der Waals surface area (Å²) < 4.78 is 0. The zero-order valence-electron chi connectivity index (χ0n) is 9.47. The van der Waals surface area contributed by atoms with E-state index in [1.54, 1.807) is 0 Å². The molecule has 1 fully saturated rings. The lowest BCUT2D eigenvalue weighted by molar-refractivity contribution is 0.239. The summed E-state index contributed by atoms with van der Waals surface area (Å²) in [5.74, 6) is 1.90. The monoisotopic (exact) mass is 183 g/mol. The highest BCUT2D eigenvalue weighted by atomic mass is 14.9. The molecule has 0 atom stereocenters. The van der Waals surface area contributed by atoms with Gasteiger partial charge in [0.25, 0.3) is 0 Å². The van der Waals surface area contributed by atoms with Crippen LogP contribution in [0.15, 0.2) is 0 Å². The van der Waals surface area contributed by atoms with E-state index in [4.69, 9.17) is 0 Å². The van der Waals surface area contributed by atoms with Crippen molar-refractivity contribution in [2.24, 2.45) is 11.8 Å². The number of hydrogen-bond donors (Lipinski definition) is 1. The van der Waals surface area contributed by atoms with Crippen LogP contribution in [0.2, 0.25) is 0 Å². The van der Waals surface area contributed by atoms with E-state index < -0.39 is 0 Å². The molecule has 0 amide bonds. The predicted molar refractivity (Wildman–Crippen MR) is 58.9 cm³/mol. The lowest BCUT2D eigenvalue weighted by Gasteiger charge is -2.31. The van der Waals surface area contributed by atoms with Gasteiger partial charge in [-0.25, -0.2) is 0 Å². The molecule has 1 aliphatic carbocycles. The largest absolute Gasteiger partial charge is 0.314 e. The van der Waals surface area contributed by atoms with Gasteiger partial charge in [0.15, 0.2) is 0 Å². The Kier molecular flexibility index (Phi) is 4.79. The van der Waals surface area contributed by atoms with Crippen molar-refractivity contribution in [3.05, 3.63) is 0 Å². The molecular formula is C12H25N. The fourth-order valence-electron chi connectivity index (χ4n) is 2.34. The first-order valence-electron chi connectivity index (χ1n) is 5.97. The molecule has 1 aliphatic rings. The van der Waals surface area contributed by atoms with E-state index in [1.807, 2.05) is 0 Å². The predicted octanol–water partition coefficient (Wildman–Crippen LogP) is 3.20. The molecule has 0 aromatic rings. The summed E-state index contributed by atoms with van der Waals surface area (Å²) >= 11 is 0.